The predicted octanol–water partition coefficient (Wildman–Crippen LogP) is 3.86. The minimum Gasteiger partial charge on any atom is -0.497 e. The molecule has 5 nitrogen and oxygen atoms in total. The largest absolute Gasteiger partial charge is 0.497 e. The third-order valence-corrected chi connectivity index (χ3v) is 3.48. The minimum absolute atomic E-state index is 0.232. The second-order valence-corrected chi connectivity index (χ2v) is 6.27. The number of hydrogen-bond donors (Lipinski definition) is 2. The number of nitrogens with one attached hydrogen (secondary N) is 2. The van der Waals surface area contributed by atoms with Crippen molar-refractivity contribution in [1.82, 2.24) is 5.32 Å². The molecule has 0 saturated carbocycles. The molecular weight excluding hydrogens is 336 g/mol. The van der Waals surface area contributed by atoms with Gasteiger partial charge in [0.05, 0.1) is 13.7 Å². The van der Waals surface area contributed by atoms with E-state index < -0.39 is 0 Å². The highest BCUT2D eigenvalue weighted by Gasteiger charge is 2.08. The van der Waals surface area contributed by atoms with Gasteiger partial charge in [-0.1, -0.05) is 13.8 Å². The average Bonchev–Trinajstić information content (AvgIpc) is 2.61. The van der Waals surface area contributed by atoms with Gasteiger partial charge in [-0.15, -0.1) is 0 Å². The molecule has 0 aliphatic carbocycles. The topological polar surface area (TPSA) is 59.6 Å². The van der Waals surface area contributed by atoms with Crippen LogP contribution in [0.3, 0.4) is 0 Å². The molecule has 0 aliphatic rings. The van der Waals surface area contributed by atoms with E-state index in [-0.39, 0.29) is 11.0 Å². The number of carbonyl (C=O) groups excluding carboxylic acids is 1. The van der Waals surface area contributed by atoms with E-state index in [2.05, 4.69) is 24.5 Å². The third-order valence-electron chi connectivity index (χ3n) is 3.27. The van der Waals surface area contributed by atoms with Crippen LogP contribution in [0, 0.1) is 5.92 Å². The van der Waals surface area contributed by atoms with E-state index in [1.165, 1.54) is 0 Å². The van der Waals surface area contributed by atoms with Crippen molar-refractivity contribution >= 4 is 28.9 Å². The molecule has 0 atom stereocenters. The van der Waals surface area contributed by atoms with Crippen LogP contribution in [0.2, 0.25) is 0 Å². The van der Waals surface area contributed by atoms with Crippen LogP contribution in [0.1, 0.15) is 24.2 Å². The molecule has 0 aliphatic heterocycles. The van der Waals surface area contributed by atoms with E-state index in [0.29, 0.717) is 18.1 Å². The van der Waals surface area contributed by atoms with Crippen LogP contribution in [0.25, 0.3) is 0 Å². The van der Waals surface area contributed by atoms with E-state index in [0.717, 1.165) is 17.2 Å². The molecular formula is C19H22N2O3S. The van der Waals surface area contributed by atoms with E-state index in [4.69, 9.17) is 21.7 Å². The maximum atomic E-state index is 12.2. The zero-order valence-electron chi connectivity index (χ0n) is 14.5. The minimum atomic E-state index is -0.276. The van der Waals surface area contributed by atoms with E-state index in [1.807, 2.05) is 24.3 Å². The average molecular weight is 358 g/mol. The second-order valence-electron chi connectivity index (χ2n) is 5.87. The van der Waals surface area contributed by atoms with Crippen molar-refractivity contribution in [3.63, 3.8) is 0 Å². The Bertz CT molecular complexity index is 712. The van der Waals surface area contributed by atoms with Crippen molar-refractivity contribution < 1.29 is 14.3 Å². The molecule has 1 amide bonds. The lowest BCUT2D eigenvalue weighted by Gasteiger charge is -2.11. The van der Waals surface area contributed by atoms with Crippen molar-refractivity contribution in [2.24, 2.45) is 5.92 Å². The Hall–Kier alpha value is -2.60. The number of ether oxygens (including phenoxy) is 2. The van der Waals surface area contributed by atoms with Crippen LogP contribution in [0.5, 0.6) is 11.5 Å². The summed E-state index contributed by atoms with van der Waals surface area (Å²) in [6.07, 6.45) is 0. The first-order valence-electron chi connectivity index (χ1n) is 7.97. The molecule has 0 aromatic heterocycles. The predicted molar refractivity (Wildman–Crippen MR) is 103 cm³/mol. The Kier molecular flexibility index (Phi) is 6.77. The van der Waals surface area contributed by atoms with Gasteiger partial charge in [-0.05, 0) is 66.7 Å². The molecule has 6 heteroatoms. The number of anilines is 1. The molecule has 0 saturated heterocycles. The van der Waals surface area contributed by atoms with Crippen LogP contribution in [0.15, 0.2) is 48.5 Å². The van der Waals surface area contributed by atoms with Gasteiger partial charge in [0.1, 0.15) is 11.5 Å². The third kappa shape index (κ3) is 6.08. The van der Waals surface area contributed by atoms with Gasteiger partial charge in [0.25, 0.3) is 5.91 Å². The first-order valence-corrected chi connectivity index (χ1v) is 8.38. The fraction of sp³-hybridized carbons (Fsp3) is 0.263. The summed E-state index contributed by atoms with van der Waals surface area (Å²) in [7, 11) is 1.60. The molecule has 2 rings (SSSR count). The van der Waals surface area contributed by atoms with E-state index >= 15 is 0 Å². The van der Waals surface area contributed by atoms with Gasteiger partial charge in [0.15, 0.2) is 5.11 Å². The number of rotatable bonds is 6. The normalized spacial score (nSPS) is 10.2. The highest BCUT2D eigenvalue weighted by molar-refractivity contribution is 7.80. The number of benzene rings is 2. The Balaban J connectivity index is 1.88. The summed E-state index contributed by atoms with van der Waals surface area (Å²) in [5, 5.41) is 5.84. The number of methoxy groups -OCH3 is 1. The van der Waals surface area contributed by atoms with Gasteiger partial charge in [0.2, 0.25) is 0 Å². The maximum absolute atomic E-state index is 12.2. The molecule has 2 aromatic carbocycles. The molecule has 2 aromatic rings. The van der Waals surface area contributed by atoms with Crippen molar-refractivity contribution in [2.75, 3.05) is 19.0 Å². The highest BCUT2D eigenvalue weighted by Crippen LogP contribution is 2.15. The first-order chi connectivity index (χ1) is 12.0. The molecule has 2 N–H and O–H groups in total. The number of hydrogen-bond acceptors (Lipinski definition) is 4. The van der Waals surface area contributed by atoms with Crippen molar-refractivity contribution in [1.29, 1.82) is 0 Å². The summed E-state index contributed by atoms with van der Waals surface area (Å²) in [6, 6.07) is 14.2. The lowest BCUT2D eigenvalue weighted by atomic mass is 10.2. The number of carbonyl (C=O) groups is 1. The van der Waals surface area contributed by atoms with Crippen molar-refractivity contribution in [3.8, 4) is 11.5 Å². The monoisotopic (exact) mass is 358 g/mol. The molecule has 0 radical (unpaired) electrons. The van der Waals surface area contributed by atoms with Gasteiger partial charge >= 0.3 is 0 Å². The van der Waals surface area contributed by atoms with Crippen LogP contribution in [-0.2, 0) is 0 Å². The molecule has 0 unspecified atom stereocenters. The van der Waals surface area contributed by atoms with E-state index in [9.17, 15) is 4.79 Å². The standard InChI is InChI=1S/C19H22N2O3S/c1-13(2)12-24-17-8-4-14(5-9-17)18(22)21-19(25)20-15-6-10-16(23-3)11-7-15/h4-11,13H,12H2,1-3H3,(H2,20,21,22,25). The Morgan fingerprint density at radius 2 is 1.64 bits per heavy atom. The van der Waals surface area contributed by atoms with Gasteiger partial charge in [-0.3, -0.25) is 10.1 Å². The summed E-state index contributed by atoms with van der Waals surface area (Å²) in [6.45, 7) is 4.80. The van der Waals surface area contributed by atoms with Gasteiger partial charge in [-0.2, -0.15) is 0 Å². The summed E-state index contributed by atoms with van der Waals surface area (Å²) >= 11 is 5.17. The number of amides is 1. The smallest absolute Gasteiger partial charge is 0.257 e. The fourth-order valence-electron chi connectivity index (χ4n) is 1.98. The summed E-state index contributed by atoms with van der Waals surface area (Å²) in [5.41, 5.74) is 1.28. The maximum Gasteiger partial charge on any atom is 0.257 e. The van der Waals surface area contributed by atoms with E-state index in [1.54, 1.807) is 31.4 Å². The summed E-state index contributed by atoms with van der Waals surface area (Å²) < 4.78 is 10.7. The van der Waals surface area contributed by atoms with Crippen LogP contribution >= 0.6 is 12.2 Å². The SMILES string of the molecule is COc1ccc(NC(=S)NC(=O)c2ccc(OCC(C)C)cc2)cc1. The first kappa shape index (κ1) is 18.7. The Morgan fingerprint density at radius 3 is 2.20 bits per heavy atom. The molecule has 132 valence electrons. The summed E-state index contributed by atoms with van der Waals surface area (Å²) in [4.78, 5) is 12.2. The molecule has 25 heavy (non-hydrogen) atoms. The zero-order chi connectivity index (χ0) is 18.2. The van der Waals surface area contributed by atoms with Crippen LogP contribution in [0.4, 0.5) is 5.69 Å². The lowest BCUT2D eigenvalue weighted by Crippen LogP contribution is -2.34. The van der Waals surface area contributed by atoms with Crippen molar-refractivity contribution in [3.05, 3.63) is 54.1 Å². The Morgan fingerprint density at radius 1 is 1.04 bits per heavy atom. The quantitative estimate of drug-likeness (QED) is 0.768. The Labute approximate surface area is 153 Å². The van der Waals surface area contributed by atoms with Crippen molar-refractivity contribution in [2.45, 2.75) is 13.8 Å². The zero-order valence-corrected chi connectivity index (χ0v) is 15.4. The van der Waals surface area contributed by atoms with Gasteiger partial charge in [0, 0.05) is 11.3 Å². The van der Waals surface area contributed by atoms with Gasteiger partial charge < -0.3 is 14.8 Å². The fourth-order valence-corrected chi connectivity index (χ4v) is 2.19. The summed E-state index contributed by atoms with van der Waals surface area (Å²) in [5.74, 6) is 1.66. The second kappa shape index (κ2) is 9.03. The molecule has 0 heterocycles. The highest BCUT2D eigenvalue weighted by atomic mass is 32.1. The van der Waals surface area contributed by atoms with Crippen LogP contribution in [-0.4, -0.2) is 24.7 Å². The van der Waals surface area contributed by atoms with Gasteiger partial charge in [-0.25, -0.2) is 0 Å². The molecule has 0 bridgehead atoms. The molecule has 0 fully saturated rings. The lowest BCUT2D eigenvalue weighted by molar-refractivity contribution is 0.0977. The number of thiocarbonyl (C=S) groups is 1. The van der Waals surface area contributed by atoms with Crippen LogP contribution < -0.4 is 20.1 Å². The molecule has 0 spiro atoms.